The van der Waals surface area contributed by atoms with Crippen LogP contribution in [0.25, 0.3) is 0 Å². The lowest BCUT2D eigenvalue weighted by atomic mass is 9.79. The van der Waals surface area contributed by atoms with Gasteiger partial charge < -0.3 is 19.9 Å². The van der Waals surface area contributed by atoms with Gasteiger partial charge in [-0.3, -0.25) is 4.90 Å². The van der Waals surface area contributed by atoms with Crippen molar-refractivity contribution in [3.63, 3.8) is 0 Å². The molecule has 0 atom stereocenters. The average Bonchev–Trinajstić information content (AvgIpc) is 2.43. The second kappa shape index (κ2) is 8.82. The first-order valence-corrected chi connectivity index (χ1v) is 6.74. The molecule has 0 unspecified atom stereocenters. The molecule has 1 aliphatic rings. The highest BCUT2D eigenvalue weighted by Gasteiger charge is 2.32. The van der Waals surface area contributed by atoms with Crippen LogP contribution in [-0.4, -0.2) is 71.7 Å². The van der Waals surface area contributed by atoms with Gasteiger partial charge in [0.05, 0.1) is 13.2 Å². The molecule has 0 aromatic rings. The van der Waals surface area contributed by atoms with Crippen molar-refractivity contribution >= 4 is 0 Å². The van der Waals surface area contributed by atoms with Crippen molar-refractivity contribution in [2.75, 3.05) is 66.8 Å². The number of hydrogen-bond donors (Lipinski definition) is 1. The van der Waals surface area contributed by atoms with E-state index in [-0.39, 0.29) is 5.41 Å². The minimum Gasteiger partial charge on any atom is -0.383 e. The van der Waals surface area contributed by atoms with Crippen molar-refractivity contribution in [3.8, 4) is 0 Å². The van der Waals surface area contributed by atoms with Crippen LogP contribution >= 0.6 is 0 Å². The molecule has 0 saturated carbocycles. The maximum absolute atomic E-state index is 6.00. The first-order valence-electron chi connectivity index (χ1n) is 6.74. The number of ether oxygens (including phenoxy) is 3. The summed E-state index contributed by atoms with van der Waals surface area (Å²) in [6.07, 6.45) is 2.11. The van der Waals surface area contributed by atoms with Gasteiger partial charge >= 0.3 is 0 Å². The quantitative estimate of drug-likeness (QED) is 0.648. The Morgan fingerprint density at radius 1 is 1.11 bits per heavy atom. The molecule has 0 radical (unpaired) electrons. The van der Waals surface area contributed by atoms with E-state index in [0.29, 0.717) is 0 Å². The van der Waals surface area contributed by atoms with E-state index in [1.165, 1.54) is 0 Å². The predicted octanol–water partition coefficient (Wildman–Crippen LogP) is 0.337. The minimum atomic E-state index is 0.208. The minimum absolute atomic E-state index is 0.208. The van der Waals surface area contributed by atoms with E-state index in [1.807, 2.05) is 0 Å². The molecule has 5 nitrogen and oxygen atoms in total. The zero-order valence-electron chi connectivity index (χ0n) is 11.8. The molecule has 0 amide bonds. The molecule has 0 aromatic carbocycles. The third-order valence-corrected chi connectivity index (χ3v) is 3.77. The smallest absolute Gasteiger partial charge is 0.0589 e. The Hall–Kier alpha value is -0.200. The van der Waals surface area contributed by atoms with Crippen LogP contribution in [-0.2, 0) is 14.2 Å². The van der Waals surface area contributed by atoms with Crippen LogP contribution in [0.2, 0.25) is 0 Å². The molecule has 0 spiro atoms. The normalized spacial score (nSPS) is 19.3. The Bertz CT molecular complexity index is 200. The van der Waals surface area contributed by atoms with Crippen molar-refractivity contribution in [2.45, 2.75) is 12.8 Å². The second-order valence-electron chi connectivity index (χ2n) is 5.08. The molecule has 1 aliphatic heterocycles. The monoisotopic (exact) mass is 260 g/mol. The van der Waals surface area contributed by atoms with Crippen molar-refractivity contribution in [3.05, 3.63) is 0 Å². The molecule has 0 aromatic heterocycles. The summed E-state index contributed by atoms with van der Waals surface area (Å²) in [6.45, 7) is 6.78. The van der Waals surface area contributed by atoms with E-state index in [2.05, 4.69) is 4.90 Å². The molecule has 1 rings (SSSR count). The van der Waals surface area contributed by atoms with Crippen LogP contribution in [0.5, 0.6) is 0 Å². The van der Waals surface area contributed by atoms with Gasteiger partial charge in [0.1, 0.15) is 0 Å². The summed E-state index contributed by atoms with van der Waals surface area (Å²) in [5.41, 5.74) is 6.21. The highest BCUT2D eigenvalue weighted by molar-refractivity contribution is 4.86. The van der Waals surface area contributed by atoms with Gasteiger partial charge in [-0.15, -0.1) is 0 Å². The van der Waals surface area contributed by atoms with E-state index in [4.69, 9.17) is 19.9 Å². The first-order chi connectivity index (χ1) is 8.76. The number of nitrogens with zero attached hydrogens (tertiary/aromatic N) is 1. The number of rotatable bonds is 9. The van der Waals surface area contributed by atoms with Gasteiger partial charge in [0.2, 0.25) is 0 Å². The standard InChI is InChI=1S/C13H28N2O3/c1-16-9-5-15(6-10-17-2)12-13(11-14)3-7-18-8-4-13/h3-12,14H2,1-2H3. The van der Waals surface area contributed by atoms with Gasteiger partial charge in [-0.1, -0.05) is 0 Å². The lowest BCUT2D eigenvalue weighted by Gasteiger charge is -2.40. The molecule has 0 bridgehead atoms. The Kier molecular flexibility index (Phi) is 7.77. The summed E-state index contributed by atoms with van der Waals surface area (Å²) in [5, 5.41) is 0. The fraction of sp³-hybridized carbons (Fsp3) is 1.00. The molecule has 5 heteroatoms. The topological polar surface area (TPSA) is 57.0 Å². The van der Waals surface area contributed by atoms with Crippen LogP contribution in [0, 0.1) is 5.41 Å². The zero-order valence-corrected chi connectivity index (χ0v) is 11.8. The Labute approximate surface area is 111 Å². The van der Waals surface area contributed by atoms with Crippen LogP contribution in [0.4, 0.5) is 0 Å². The Morgan fingerprint density at radius 2 is 1.67 bits per heavy atom. The maximum atomic E-state index is 6.00. The predicted molar refractivity (Wildman–Crippen MR) is 71.7 cm³/mol. The number of nitrogens with two attached hydrogens (primary N) is 1. The molecule has 1 fully saturated rings. The lowest BCUT2D eigenvalue weighted by molar-refractivity contribution is -0.00723. The van der Waals surface area contributed by atoms with Gasteiger partial charge in [0, 0.05) is 47.1 Å². The van der Waals surface area contributed by atoms with Crippen molar-refractivity contribution in [1.29, 1.82) is 0 Å². The van der Waals surface area contributed by atoms with Gasteiger partial charge in [-0.2, -0.15) is 0 Å². The fourth-order valence-corrected chi connectivity index (χ4v) is 2.42. The fourth-order valence-electron chi connectivity index (χ4n) is 2.42. The molecule has 1 heterocycles. The van der Waals surface area contributed by atoms with E-state index >= 15 is 0 Å². The molecular formula is C13H28N2O3. The number of hydrogen-bond acceptors (Lipinski definition) is 5. The van der Waals surface area contributed by atoms with Gasteiger partial charge in [-0.25, -0.2) is 0 Å². The first kappa shape index (κ1) is 15.9. The molecule has 2 N–H and O–H groups in total. The highest BCUT2D eigenvalue weighted by Crippen LogP contribution is 2.30. The third kappa shape index (κ3) is 5.20. The highest BCUT2D eigenvalue weighted by atomic mass is 16.5. The Balaban J connectivity index is 2.49. The van der Waals surface area contributed by atoms with Crippen molar-refractivity contribution < 1.29 is 14.2 Å². The van der Waals surface area contributed by atoms with Crippen LogP contribution in [0.15, 0.2) is 0 Å². The summed E-state index contributed by atoms with van der Waals surface area (Å²) in [5.74, 6) is 0. The Morgan fingerprint density at radius 3 is 2.11 bits per heavy atom. The summed E-state index contributed by atoms with van der Waals surface area (Å²) in [4.78, 5) is 2.39. The van der Waals surface area contributed by atoms with Crippen LogP contribution in [0.3, 0.4) is 0 Å². The van der Waals surface area contributed by atoms with Crippen LogP contribution in [0.1, 0.15) is 12.8 Å². The van der Waals surface area contributed by atoms with Crippen LogP contribution < -0.4 is 5.73 Å². The molecule has 108 valence electrons. The summed E-state index contributed by atoms with van der Waals surface area (Å²) in [6, 6.07) is 0. The molecule has 18 heavy (non-hydrogen) atoms. The van der Waals surface area contributed by atoms with Gasteiger partial charge in [-0.05, 0) is 24.8 Å². The van der Waals surface area contributed by atoms with Crippen molar-refractivity contribution in [1.82, 2.24) is 4.90 Å². The maximum Gasteiger partial charge on any atom is 0.0589 e. The summed E-state index contributed by atoms with van der Waals surface area (Å²) >= 11 is 0. The number of methoxy groups -OCH3 is 2. The van der Waals surface area contributed by atoms with Gasteiger partial charge in [0.15, 0.2) is 0 Å². The molecular weight excluding hydrogens is 232 g/mol. The largest absolute Gasteiger partial charge is 0.383 e. The van der Waals surface area contributed by atoms with E-state index in [1.54, 1.807) is 14.2 Å². The van der Waals surface area contributed by atoms with E-state index in [0.717, 1.165) is 65.4 Å². The van der Waals surface area contributed by atoms with E-state index in [9.17, 15) is 0 Å². The van der Waals surface area contributed by atoms with Gasteiger partial charge in [0.25, 0.3) is 0 Å². The SMILES string of the molecule is COCCN(CCOC)CC1(CN)CCOCC1. The van der Waals surface area contributed by atoms with E-state index < -0.39 is 0 Å². The second-order valence-corrected chi connectivity index (χ2v) is 5.08. The average molecular weight is 260 g/mol. The summed E-state index contributed by atoms with van der Waals surface area (Å²) < 4.78 is 15.8. The lowest BCUT2D eigenvalue weighted by Crippen LogP contribution is -2.47. The third-order valence-electron chi connectivity index (χ3n) is 3.77. The summed E-state index contributed by atoms with van der Waals surface area (Å²) in [7, 11) is 3.48. The molecule has 1 saturated heterocycles. The van der Waals surface area contributed by atoms with Crippen molar-refractivity contribution in [2.24, 2.45) is 11.1 Å². The zero-order chi connectivity index (χ0) is 13.3. The molecule has 0 aliphatic carbocycles.